The van der Waals surface area contributed by atoms with E-state index in [-0.39, 0.29) is 17.0 Å². The van der Waals surface area contributed by atoms with E-state index in [0.29, 0.717) is 24.3 Å². The van der Waals surface area contributed by atoms with Gasteiger partial charge in [-0.05, 0) is 44.5 Å². The lowest BCUT2D eigenvalue weighted by Gasteiger charge is -2.36. The van der Waals surface area contributed by atoms with Crippen molar-refractivity contribution < 1.29 is 14.3 Å². The van der Waals surface area contributed by atoms with E-state index in [1.54, 1.807) is 12.3 Å². The van der Waals surface area contributed by atoms with E-state index in [9.17, 15) is 14.3 Å². The summed E-state index contributed by atoms with van der Waals surface area (Å²) >= 11 is 6.04. The van der Waals surface area contributed by atoms with Crippen LogP contribution in [0.4, 0.5) is 4.39 Å². The number of carboxylic acid groups (broad SMARTS) is 1. The van der Waals surface area contributed by atoms with E-state index >= 15 is 0 Å². The number of carboxylic acids is 1. The average Bonchev–Trinajstić information content (AvgIpc) is 2.97. The van der Waals surface area contributed by atoms with Crippen molar-refractivity contribution in [2.24, 2.45) is 5.92 Å². The zero-order valence-corrected chi connectivity index (χ0v) is 13.9. The van der Waals surface area contributed by atoms with Crippen LogP contribution in [0.15, 0.2) is 24.4 Å². The van der Waals surface area contributed by atoms with E-state index in [0.717, 1.165) is 13.0 Å². The number of likely N-dealkylation sites (tertiary alicyclic amines) is 1. The van der Waals surface area contributed by atoms with Crippen molar-refractivity contribution in [3.05, 3.63) is 40.9 Å². The third-order valence-corrected chi connectivity index (χ3v) is 4.80. The molecule has 1 fully saturated rings. The van der Waals surface area contributed by atoms with Gasteiger partial charge in [0.25, 0.3) is 0 Å². The molecule has 0 spiro atoms. The minimum atomic E-state index is -0.756. The fourth-order valence-electron chi connectivity index (χ4n) is 3.13. The zero-order valence-electron chi connectivity index (χ0n) is 13.2. The highest BCUT2D eigenvalue weighted by molar-refractivity contribution is 6.32. The van der Waals surface area contributed by atoms with Crippen molar-refractivity contribution in [3.63, 3.8) is 0 Å². The third kappa shape index (κ3) is 3.42. The van der Waals surface area contributed by atoms with Gasteiger partial charge in [0.1, 0.15) is 5.82 Å². The summed E-state index contributed by atoms with van der Waals surface area (Å²) in [5.74, 6) is -1.53. The quantitative estimate of drug-likeness (QED) is 0.916. The SMILES string of the molecule is C[C@@H]1[C@H](C(=O)O)CCCN1Cc1cn(-c2ccc(F)cc2Cl)nn1. The number of nitrogens with zero attached hydrogens (tertiary/aromatic N) is 4. The molecule has 0 saturated carbocycles. The molecule has 1 aromatic heterocycles. The maximum Gasteiger partial charge on any atom is 0.308 e. The summed E-state index contributed by atoms with van der Waals surface area (Å²) in [4.78, 5) is 13.4. The number of benzene rings is 1. The lowest BCUT2D eigenvalue weighted by molar-refractivity contribution is -0.145. The molecule has 0 bridgehead atoms. The number of hydrogen-bond acceptors (Lipinski definition) is 4. The molecule has 1 aliphatic rings. The second kappa shape index (κ2) is 6.86. The maximum atomic E-state index is 13.1. The van der Waals surface area contributed by atoms with Crippen LogP contribution < -0.4 is 0 Å². The van der Waals surface area contributed by atoms with E-state index in [1.165, 1.54) is 16.8 Å². The average molecular weight is 353 g/mol. The summed E-state index contributed by atoms with van der Waals surface area (Å²) in [6, 6.07) is 4.02. The Kier molecular flexibility index (Phi) is 4.82. The van der Waals surface area contributed by atoms with Crippen LogP contribution in [0.5, 0.6) is 0 Å². The molecule has 2 atom stereocenters. The Morgan fingerprint density at radius 3 is 3.00 bits per heavy atom. The molecule has 0 unspecified atom stereocenters. The topological polar surface area (TPSA) is 71.2 Å². The first-order valence-corrected chi connectivity index (χ1v) is 8.17. The molecular formula is C16H18ClFN4O2. The molecule has 3 rings (SSSR count). The van der Waals surface area contributed by atoms with E-state index in [4.69, 9.17) is 11.6 Å². The van der Waals surface area contributed by atoms with Crippen LogP contribution in [0.25, 0.3) is 5.69 Å². The lowest BCUT2D eigenvalue weighted by atomic mass is 9.90. The van der Waals surface area contributed by atoms with Crippen LogP contribution in [-0.2, 0) is 11.3 Å². The van der Waals surface area contributed by atoms with Gasteiger partial charge in [-0.25, -0.2) is 9.07 Å². The van der Waals surface area contributed by atoms with Crippen molar-refractivity contribution in [3.8, 4) is 5.69 Å². The standard InChI is InChI=1S/C16H18ClFN4O2/c1-10-13(16(23)24)3-2-6-21(10)8-12-9-22(20-19-12)15-5-4-11(18)7-14(15)17/h4-5,7,9-10,13H,2-3,6,8H2,1H3,(H,23,24)/t10-,13-/m1/s1. The highest BCUT2D eigenvalue weighted by Gasteiger charge is 2.33. The molecule has 128 valence electrons. The summed E-state index contributed by atoms with van der Waals surface area (Å²) in [6.45, 7) is 3.28. The Bertz CT molecular complexity index is 751. The Balaban J connectivity index is 1.75. The highest BCUT2D eigenvalue weighted by Crippen LogP contribution is 2.25. The lowest BCUT2D eigenvalue weighted by Crippen LogP contribution is -2.45. The third-order valence-electron chi connectivity index (χ3n) is 4.50. The Morgan fingerprint density at radius 2 is 2.29 bits per heavy atom. The van der Waals surface area contributed by atoms with Crippen LogP contribution in [0, 0.1) is 11.7 Å². The number of rotatable bonds is 4. The summed E-state index contributed by atoms with van der Waals surface area (Å²) < 4.78 is 14.6. The first kappa shape index (κ1) is 16.9. The van der Waals surface area contributed by atoms with Crippen molar-refractivity contribution in [1.29, 1.82) is 0 Å². The first-order valence-electron chi connectivity index (χ1n) is 7.79. The monoisotopic (exact) mass is 352 g/mol. The molecule has 2 heterocycles. The number of aliphatic carboxylic acids is 1. The van der Waals surface area contributed by atoms with Crippen molar-refractivity contribution in [2.45, 2.75) is 32.4 Å². The molecule has 1 aromatic carbocycles. The van der Waals surface area contributed by atoms with E-state index < -0.39 is 11.8 Å². The fraction of sp³-hybridized carbons (Fsp3) is 0.438. The smallest absolute Gasteiger partial charge is 0.308 e. The fourth-order valence-corrected chi connectivity index (χ4v) is 3.38. The normalized spacial score (nSPS) is 21.8. The molecule has 1 N–H and O–H groups in total. The van der Waals surface area contributed by atoms with Crippen LogP contribution in [0.1, 0.15) is 25.5 Å². The summed E-state index contributed by atoms with van der Waals surface area (Å²) in [7, 11) is 0. The largest absolute Gasteiger partial charge is 0.481 e. The van der Waals surface area contributed by atoms with E-state index in [1.807, 2.05) is 6.92 Å². The van der Waals surface area contributed by atoms with Gasteiger partial charge in [-0.15, -0.1) is 5.10 Å². The molecule has 0 amide bonds. The Labute approximate surface area is 143 Å². The van der Waals surface area contributed by atoms with E-state index in [2.05, 4.69) is 15.2 Å². The van der Waals surface area contributed by atoms with Crippen LogP contribution in [0.3, 0.4) is 0 Å². The predicted octanol–water partition coefficient (Wildman–Crippen LogP) is 2.74. The number of hydrogen-bond donors (Lipinski definition) is 1. The van der Waals surface area contributed by atoms with Crippen LogP contribution in [0.2, 0.25) is 5.02 Å². The highest BCUT2D eigenvalue weighted by atomic mass is 35.5. The summed E-state index contributed by atoms with van der Waals surface area (Å²) in [5.41, 5.74) is 1.26. The van der Waals surface area contributed by atoms with Crippen LogP contribution >= 0.6 is 11.6 Å². The van der Waals surface area contributed by atoms with Crippen molar-refractivity contribution in [1.82, 2.24) is 19.9 Å². The van der Waals surface area contributed by atoms with Crippen molar-refractivity contribution in [2.75, 3.05) is 6.54 Å². The molecule has 2 aromatic rings. The predicted molar refractivity (Wildman–Crippen MR) is 86.6 cm³/mol. The maximum absolute atomic E-state index is 13.1. The van der Waals surface area contributed by atoms with Gasteiger partial charge in [-0.1, -0.05) is 16.8 Å². The minimum Gasteiger partial charge on any atom is -0.481 e. The molecule has 24 heavy (non-hydrogen) atoms. The van der Waals surface area contributed by atoms with Gasteiger partial charge in [0.2, 0.25) is 0 Å². The van der Waals surface area contributed by atoms with Crippen LogP contribution in [-0.4, -0.2) is 43.6 Å². The molecule has 8 heteroatoms. The number of halogens is 2. The molecule has 0 aliphatic carbocycles. The molecule has 1 saturated heterocycles. The molecule has 1 aliphatic heterocycles. The summed E-state index contributed by atoms with van der Waals surface area (Å²) in [6.07, 6.45) is 3.28. The van der Waals surface area contributed by atoms with Gasteiger partial charge >= 0.3 is 5.97 Å². The zero-order chi connectivity index (χ0) is 17.3. The second-order valence-electron chi connectivity index (χ2n) is 6.05. The molecule has 6 nitrogen and oxygen atoms in total. The Morgan fingerprint density at radius 1 is 1.50 bits per heavy atom. The number of aromatic nitrogens is 3. The van der Waals surface area contributed by atoms with Gasteiger partial charge in [-0.3, -0.25) is 9.69 Å². The van der Waals surface area contributed by atoms with Gasteiger partial charge < -0.3 is 5.11 Å². The van der Waals surface area contributed by atoms with Gasteiger partial charge in [0.15, 0.2) is 0 Å². The van der Waals surface area contributed by atoms with Gasteiger partial charge in [0, 0.05) is 12.6 Å². The molecular weight excluding hydrogens is 335 g/mol. The second-order valence-corrected chi connectivity index (χ2v) is 6.46. The number of piperidine rings is 1. The molecule has 0 radical (unpaired) electrons. The first-order chi connectivity index (χ1) is 11.5. The van der Waals surface area contributed by atoms with Gasteiger partial charge in [-0.2, -0.15) is 0 Å². The minimum absolute atomic E-state index is 0.0594. The van der Waals surface area contributed by atoms with Crippen molar-refractivity contribution >= 4 is 17.6 Å². The summed E-state index contributed by atoms with van der Waals surface area (Å²) in [5, 5.41) is 17.7. The van der Waals surface area contributed by atoms with Gasteiger partial charge in [0.05, 0.1) is 28.5 Å². The number of carbonyl (C=O) groups is 1. The Hall–Kier alpha value is -1.99.